The van der Waals surface area contributed by atoms with Gasteiger partial charge in [0.05, 0.1) is 37.9 Å². The fourth-order valence-corrected chi connectivity index (χ4v) is 2.35. The Bertz CT molecular complexity index is 435. The van der Waals surface area contributed by atoms with Crippen molar-refractivity contribution in [2.24, 2.45) is 0 Å². The summed E-state index contributed by atoms with van der Waals surface area (Å²) in [6.07, 6.45) is 0. The summed E-state index contributed by atoms with van der Waals surface area (Å²) in [4.78, 5) is 0.237. The molecule has 2 N–H and O–H groups in total. The average Bonchev–Trinajstić information content (AvgIpc) is 2.43. The Morgan fingerprint density at radius 3 is 2.26 bits per heavy atom. The molecule has 1 rings (SSSR count). The predicted octanol–water partition coefficient (Wildman–Crippen LogP) is -0.00960. The lowest BCUT2D eigenvalue weighted by atomic mass is 10.4. The van der Waals surface area contributed by atoms with Crippen LogP contribution in [0.5, 0.6) is 0 Å². The molecule has 0 saturated carbocycles. The molecule has 0 fully saturated rings. The van der Waals surface area contributed by atoms with Crippen LogP contribution in [0.15, 0.2) is 35.2 Å². The normalized spacial score (nSPS) is 11.6. The van der Waals surface area contributed by atoms with Crippen LogP contribution in [0.1, 0.15) is 0 Å². The van der Waals surface area contributed by atoms with Gasteiger partial charge >= 0.3 is 0 Å². The van der Waals surface area contributed by atoms with Gasteiger partial charge in [0.25, 0.3) is 0 Å². The standard InChI is InChI=1S/C12H19NO5S/c14-7-9-18-11-10-17-8-6-13-19(15,16)12-4-2-1-3-5-12/h1-5,13-14H,6-11H2. The molecule has 1 aromatic carbocycles. The van der Waals surface area contributed by atoms with Crippen LogP contribution in [0, 0.1) is 0 Å². The van der Waals surface area contributed by atoms with Crippen LogP contribution in [0.3, 0.4) is 0 Å². The van der Waals surface area contributed by atoms with E-state index < -0.39 is 10.0 Å². The number of nitrogens with one attached hydrogen (secondary N) is 1. The maximum Gasteiger partial charge on any atom is 0.240 e. The minimum absolute atomic E-state index is 0.0170. The Morgan fingerprint density at radius 1 is 1.00 bits per heavy atom. The number of benzene rings is 1. The quantitative estimate of drug-likeness (QED) is 0.592. The van der Waals surface area contributed by atoms with E-state index in [0.29, 0.717) is 13.2 Å². The van der Waals surface area contributed by atoms with Crippen LogP contribution < -0.4 is 4.72 Å². The maximum absolute atomic E-state index is 11.8. The second-order valence-electron chi connectivity index (χ2n) is 3.66. The number of rotatable bonds is 10. The van der Waals surface area contributed by atoms with E-state index in [-0.39, 0.29) is 31.3 Å². The zero-order valence-corrected chi connectivity index (χ0v) is 11.4. The third-order valence-corrected chi connectivity index (χ3v) is 3.68. The summed E-state index contributed by atoms with van der Waals surface area (Å²) in [5, 5.41) is 8.46. The average molecular weight is 289 g/mol. The van der Waals surface area contributed by atoms with Gasteiger partial charge in [-0.3, -0.25) is 0 Å². The zero-order valence-electron chi connectivity index (χ0n) is 10.6. The van der Waals surface area contributed by atoms with E-state index in [2.05, 4.69) is 4.72 Å². The predicted molar refractivity (Wildman–Crippen MR) is 70.4 cm³/mol. The molecule has 0 heterocycles. The summed E-state index contributed by atoms with van der Waals surface area (Å²) in [6.45, 7) is 1.49. The Balaban J connectivity index is 2.15. The van der Waals surface area contributed by atoms with Crippen molar-refractivity contribution >= 4 is 10.0 Å². The molecule has 0 amide bonds. The van der Waals surface area contributed by atoms with Gasteiger partial charge in [-0.25, -0.2) is 13.1 Å². The summed E-state index contributed by atoms with van der Waals surface area (Å²) in [7, 11) is -3.46. The summed E-state index contributed by atoms with van der Waals surface area (Å²) in [5.41, 5.74) is 0. The van der Waals surface area contributed by atoms with E-state index in [1.165, 1.54) is 12.1 Å². The van der Waals surface area contributed by atoms with Crippen LogP contribution in [0.2, 0.25) is 0 Å². The van der Waals surface area contributed by atoms with Gasteiger partial charge in [0.2, 0.25) is 10.0 Å². The summed E-state index contributed by atoms with van der Waals surface area (Å²) in [5.74, 6) is 0. The van der Waals surface area contributed by atoms with Gasteiger partial charge in [-0.15, -0.1) is 0 Å². The van der Waals surface area contributed by atoms with Crippen LogP contribution in [-0.2, 0) is 19.5 Å². The van der Waals surface area contributed by atoms with E-state index in [4.69, 9.17) is 14.6 Å². The van der Waals surface area contributed by atoms with Gasteiger partial charge < -0.3 is 14.6 Å². The smallest absolute Gasteiger partial charge is 0.240 e. The fourth-order valence-electron chi connectivity index (χ4n) is 1.32. The van der Waals surface area contributed by atoms with Crippen LogP contribution in [0.25, 0.3) is 0 Å². The third-order valence-electron chi connectivity index (χ3n) is 2.20. The molecule has 0 saturated heterocycles. The van der Waals surface area contributed by atoms with E-state index in [1.54, 1.807) is 18.2 Å². The molecule has 0 aliphatic carbocycles. The number of sulfonamides is 1. The van der Waals surface area contributed by atoms with E-state index in [1.807, 2.05) is 0 Å². The first-order valence-corrected chi connectivity index (χ1v) is 7.46. The summed E-state index contributed by atoms with van der Waals surface area (Å²) >= 11 is 0. The Morgan fingerprint density at radius 2 is 1.63 bits per heavy atom. The molecule has 0 atom stereocenters. The highest BCUT2D eigenvalue weighted by Gasteiger charge is 2.11. The van der Waals surface area contributed by atoms with Gasteiger partial charge in [-0.1, -0.05) is 18.2 Å². The molecule has 0 spiro atoms. The topological polar surface area (TPSA) is 84.9 Å². The molecule has 108 valence electrons. The highest BCUT2D eigenvalue weighted by Crippen LogP contribution is 2.06. The zero-order chi connectivity index (χ0) is 14.0. The van der Waals surface area contributed by atoms with Crippen molar-refractivity contribution in [2.45, 2.75) is 4.90 Å². The van der Waals surface area contributed by atoms with Gasteiger partial charge in [-0.2, -0.15) is 0 Å². The van der Waals surface area contributed by atoms with E-state index in [0.717, 1.165) is 0 Å². The lowest BCUT2D eigenvalue weighted by Crippen LogP contribution is -2.27. The molecule has 0 bridgehead atoms. The monoisotopic (exact) mass is 289 g/mol. The maximum atomic E-state index is 11.8. The number of aliphatic hydroxyl groups excluding tert-OH is 1. The molecular formula is C12H19NO5S. The largest absolute Gasteiger partial charge is 0.394 e. The van der Waals surface area contributed by atoms with Gasteiger partial charge in [0.15, 0.2) is 0 Å². The van der Waals surface area contributed by atoms with E-state index in [9.17, 15) is 8.42 Å². The van der Waals surface area contributed by atoms with Crippen LogP contribution in [0.4, 0.5) is 0 Å². The molecule has 19 heavy (non-hydrogen) atoms. The number of hydrogen-bond acceptors (Lipinski definition) is 5. The second-order valence-corrected chi connectivity index (χ2v) is 5.43. The van der Waals surface area contributed by atoms with Gasteiger partial charge in [0.1, 0.15) is 0 Å². The fraction of sp³-hybridized carbons (Fsp3) is 0.500. The van der Waals surface area contributed by atoms with Gasteiger partial charge in [-0.05, 0) is 12.1 Å². The first kappa shape index (κ1) is 16.1. The Kier molecular flexibility index (Phi) is 7.61. The van der Waals surface area contributed by atoms with Crippen LogP contribution in [-0.4, -0.2) is 53.1 Å². The molecule has 0 unspecified atom stereocenters. The second kappa shape index (κ2) is 9.00. The first-order chi connectivity index (χ1) is 9.17. The first-order valence-electron chi connectivity index (χ1n) is 5.98. The molecule has 0 radical (unpaired) electrons. The number of aliphatic hydroxyl groups is 1. The SMILES string of the molecule is O=S(=O)(NCCOCCOCCO)c1ccccc1. The molecule has 0 aliphatic heterocycles. The van der Waals surface area contributed by atoms with Crippen molar-refractivity contribution in [1.82, 2.24) is 4.72 Å². The summed E-state index contributed by atoms with van der Waals surface area (Å²) < 4.78 is 36.2. The summed E-state index contributed by atoms with van der Waals surface area (Å²) in [6, 6.07) is 8.17. The minimum atomic E-state index is -3.46. The molecule has 0 aliphatic rings. The lowest BCUT2D eigenvalue weighted by Gasteiger charge is -2.07. The molecular weight excluding hydrogens is 270 g/mol. The van der Waals surface area contributed by atoms with Crippen molar-refractivity contribution in [3.8, 4) is 0 Å². The minimum Gasteiger partial charge on any atom is -0.394 e. The van der Waals surface area contributed by atoms with Crippen molar-refractivity contribution in [3.63, 3.8) is 0 Å². The number of ether oxygens (including phenoxy) is 2. The third kappa shape index (κ3) is 6.65. The Labute approximate surface area is 113 Å². The highest BCUT2D eigenvalue weighted by molar-refractivity contribution is 7.89. The molecule has 0 aromatic heterocycles. The van der Waals surface area contributed by atoms with Crippen molar-refractivity contribution < 1.29 is 23.0 Å². The number of hydrogen-bond donors (Lipinski definition) is 2. The molecule has 1 aromatic rings. The van der Waals surface area contributed by atoms with E-state index >= 15 is 0 Å². The highest BCUT2D eigenvalue weighted by atomic mass is 32.2. The Hall–Kier alpha value is -0.990. The molecule has 6 nitrogen and oxygen atoms in total. The lowest BCUT2D eigenvalue weighted by molar-refractivity contribution is 0.0348. The molecule has 7 heteroatoms. The van der Waals surface area contributed by atoms with Crippen molar-refractivity contribution in [1.29, 1.82) is 0 Å². The van der Waals surface area contributed by atoms with Crippen molar-refractivity contribution in [3.05, 3.63) is 30.3 Å². The van der Waals surface area contributed by atoms with Crippen molar-refractivity contribution in [2.75, 3.05) is 39.6 Å². The van der Waals surface area contributed by atoms with Gasteiger partial charge in [0, 0.05) is 6.54 Å². The van der Waals surface area contributed by atoms with Crippen LogP contribution >= 0.6 is 0 Å².